The van der Waals surface area contributed by atoms with Gasteiger partial charge in [-0.3, -0.25) is 15.0 Å². The van der Waals surface area contributed by atoms with Gasteiger partial charge >= 0.3 is 12.1 Å². The lowest BCUT2D eigenvalue weighted by Crippen LogP contribution is -2.41. The highest BCUT2D eigenvalue weighted by atomic mass is 32.1. The molecule has 0 radical (unpaired) electrons. The smallest absolute Gasteiger partial charge is 0.410 e. The minimum Gasteiger partial charge on any atom is -0.467 e. The van der Waals surface area contributed by atoms with E-state index in [1.54, 1.807) is 0 Å². The van der Waals surface area contributed by atoms with Crippen LogP contribution in [0.5, 0.6) is 0 Å². The number of likely N-dealkylation sites (tertiary alicyclic amines) is 1. The maximum Gasteiger partial charge on any atom is 0.410 e. The fourth-order valence-corrected chi connectivity index (χ4v) is 2.69. The summed E-state index contributed by atoms with van der Waals surface area (Å²) in [6.07, 6.45) is -0.238. The van der Waals surface area contributed by atoms with Crippen molar-refractivity contribution in [2.75, 3.05) is 13.7 Å². The highest BCUT2D eigenvalue weighted by Crippen LogP contribution is 2.24. The standard InChI is InChI=1S/C14H16N2O6S/c1-21-13(17)12-6-11(23)7-15(12)14(18)22-8-9-2-4-10(5-3-9)16(19)20/h2-5,11-12,23H,6-8H2,1H3/t11-,12?/m0/s1. The lowest BCUT2D eigenvalue weighted by atomic mass is 10.2. The number of benzene rings is 1. The van der Waals surface area contributed by atoms with Crippen LogP contribution in [-0.2, 0) is 20.9 Å². The van der Waals surface area contributed by atoms with Gasteiger partial charge in [-0.25, -0.2) is 9.59 Å². The molecule has 0 bridgehead atoms. The van der Waals surface area contributed by atoms with E-state index in [9.17, 15) is 19.7 Å². The van der Waals surface area contributed by atoms with Crippen LogP contribution in [-0.4, -0.2) is 46.8 Å². The van der Waals surface area contributed by atoms with Gasteiger partial charge in [-0.15, -0.1) is 0 Å². The number of rotatable bonds is 4. The minimum atomic E-state index is -0.702. The number of nitrogens with zero attached hydrogens (tertiary/aromatic N) is 2. The topological polar surface area (TPSA) is 99.0 Å². The molecule has 0 aliphatic carbocycles. The summed E-state index contributed by atoms with van der Waals surface area (Å²) in [4.78, 5) is 35.2. The third-order valence-electron chi connectivity index (χ3n) is 3.50. The van der Waals surface area contributed by atoms with E-state index in [2.05, 4.69) is 17.4 Å². The number of amides is 1. The van der Waals surface area contributed by atoms with Crippen LogP contribution in [0.4, 0.5) is 10.5 Å². The van der Waals surface area contributed by atoms with Gasteiger partial charge in [0.25, 0.3) is 5.69 Å². The highest BCUT2D eigenvalue weighted by Gasteiger charge is 2.39. The van der Waals surface area contributed by atoms with E-state index in [0.29, 0.717) is 18.5 Å². The van der Waals surface area contributed by atoms with Crippen molar-refractivity contribution in [2.24, 2.45) is 0 Å². The fourth-order valence-electron chi connectivity index (χ4n) is 2.32. The predicted molar refractivity (Wildman–Crippen MR) is 83.2 cm³/mol. The molecule has 1 aromatic rings. The number of carbonyl (C=O) groups is 2. The van der Waals surface area contributed by atoms with Crippen LogP contribution in [0.1, 0.15) is 12.0 Å². The van der Waals surface area contributed by atoms with Crippen molar-refractivity contribution in [1.82, 2.24) is 4.90 Å². The summed E-state index contributed by atoms with van der Waals surface area (Å²) in [5.74, 6) is -0.506. The molecule has 0 spiro atoms. The van der Waals surface area contributed by atoms with Gasteiger partial charge in [0.2, 0.25) is 0 Å². The maximum atomic E-state index is 12.1. The Balaban J connectivity index is 1.95. The molecular weight excluding hydrogens is 324 g/mol. The molecule has 1 unspecified atom stereocenters. The zero-order valence-corrected chi connectivity index (χ0v) is 13.3. The zero-order chi connectivity index (χ0) is 17.0. The molecule has 1 fully saturated rings. The second-order valence-corrected chi connectivity index (χ2v) is 5.79. The molecule has 1 aliphatic heterocycles. The first-order chi connectivity index (χ1) is 10.9. The van der Waals surface area contributed by atoms with E-state index in [4.69, 9.17) is 4.74 Å². The molecule has 8 nitrogen and oxygen atoms in total. The van der Waals surface area contributed by atoms with Gasteiger partial charge < -0.3 is 9.47 Å². The third-order valence-corrected chi connectivity index (χ3v) is 3.87. The molecule has 23 heavy (non-hydrogen) atoms. The van der Waals surface area contributed by atoms with Gasteiger partial charge in [-0.05, 0) is 24.1 Å². The SMILES string of the molecule is COC(=O)C1C[C@H](S)CN1C(=O)OCc1ccc([N+](=O)[O-])cc1. The number of methoxy groups -OCH3 is 1. The van der Waals surface area contributed by atoms with Crippen molar-refractivity contribution < 1.29 is 24.0 Å². The molecule has 0 aromatic heterocycles. The van der Waals surface area contributed by atoms with Crippen molar-refractivity contribution in [3.8, 4) is 0 Å². The van der Waals surface area contributed by atoms with Crippen LogP contribution in [0.2, 0.25) is 0 Å². The lowest BCUT2D eigenvalue weighted by Gasteiger charge is -2.21. The summed E-state index contributed by atoms with van der Waals surface area (Å²) in [6.45, 7) is 0.250. The fraction of sp³-hybridized carbons (Fsp3) is 0.429. The number of esters is 1. The average molecular weight is 340 g/mol. The van der Waals surface area contributed by atoms with Crippen LogP contribution >= 0.6 is 12.6 Å². The molecular formula is C14H16N2O6S. The van der Waals surface area contributed by atoms with Gasteiger partial charge in [0.1, 0.15) is 12.6 Å². The van der Waals surface area contributed by atoms with Gasteiger partial charge in [0.05, 0.1) is 12.0 Å². The maximum absolute atomic E-state index is 12.1. The molecule has 0 N–H and O–H groups in total. The first-order valence-corrected chi connectivity index (χ1v) is 7.36. The van der Waals surface area contributed by atoms with Gasteiger partial charge in [0.15, 0.2) is 0 Å². The molecule has 9 heteroatoms. The number of hydrogen-bond acceptors (Lipinski definition) is 7. The van der Waals surface area contributed by atoms with Crippen molar-refractivity contribution in [2.45, 2.75) is 24.3 Å². The van der Waals surface area contributed by atoms with Crippen LogP contribution < -0.4 is 0 Å². The van der Waals surface area contributed by atoms with Crippen LogP contribution in [0, 0.1) is 10.1 Å². The zero-order valence-electron chi connectivity index (χ0n) is 12.4. The summed E-state index contributed by atoms with van der Waals surface area (Å²) in [6, 6.07) is 4.98. The summed E-state index contributed by atoms with van der Waals surface area (Å²) >= 11 is 4.29. The molecule has 124 valence electrons. The first kappa shape index (κ1) is 17.1. The summed E-state index contributed by atoms with van der Waals surface area (Å²) in [5, 5.41) is 10.5. The van der Waals surface area contributed by atoms with Crippen LogP contribution in [0.3, 0.4) is 0 Å². The Morgan fingerprint density at radius 1 is 1.39 bits per heavy atom. The molecule has 1 aromatic carbocycles. The Bertz CT molecular complexity index is 606. The Hall–Kier alpha value is -2.29. The molecule has 2 rings (SSSR count). The normalized spacial score (nSPS) is 20.2. The number of carbonyl (C=O) groups excluding carboxylic acids is 2. The second kappa shape index (κ2) is 7.32. The van der Waals surface area contributed by atoms with E-state index >= 15 is 0 Å². The molecule has 1 saturated heterocycles. The van der Waals surface area contributed by atoms with E-state index in [0.717, 1.165) is 0 Å². The first-order valence-electron chi connectivity index (χ1n) is 6.85. The predicted octanol–water partition coefficient (Wildman–Crippen LogP) is 1.78. The number of thiol groups is 1. The quantitative estimate of drug-likeness (QED) is 0.388. The van der Waals surface area contributed by atoms with E-state index < -0.39 is 23.0 Å². The number of nitro benzene ring substituents is 1. The summed E-state index contributed by atoms with van der Waals surface area (Å²) in [5.41, 5.74) is 0.573. The van der Waals surface area contributed by atoms with Crippen molar-refractivity contribution in [1.29, 1.82) is 0 Å². The van der Waals surface area contributed by atoms with Crippen molar-refractivity contribution in [3.05, 3.63) is 39.9 Å². The minimum absolute atomic E-state index is 0.0386. The van der Waals surface area contributed by atoms with E-state index in [1.165, 1.54) is 36.3 Å². The third kappa shape index (κ3) is 4.13. The van der Waals surface area contributed by atoms with Crippen LogP contribution in [0.15, 0.2) is 24.3 Å². The number of ether oxygens (including phenoxy) is 2. The number of non-ortho nitro benzene ring substituents is 1. The van der Waals surface area contributed by atoms with Crippen molar-refractivity contribution >= 4 is 30.4 Å². The largest absolute Gasteiger partial charge is 0.467 e. The monoisotopic (exact) mass is 340 g/mol. The summed E-state index contributed by atoms with van der Waals surface area (Å²) < 4.78 is 9.84. The van der Waals surface area contributed by atoms with Gasteiger partial charge in [-0.1, -0.05) is 0 Å². The molecule has 1 amide bonds. The Morgan fingerprint density at radius 2 is 2.04 bits per heavy atom. The van der Waals surface area contributed by atoms with Crippen LogP contribution in [0.25, 0.3) is 0 Å². The Kier molecular flexibility index (Phi) is 5.43. The average Bonchev–Trinajstić information content (AvgIpc) is 2.94. The van der Waals surface area contributed by atoms with Gasteiger partial charge in [0, 0.05) is 23.9 Å². The number of nitro groups is 1. The number of hydrogen-bond donors (Lipinski definition) is 1. The molecule has 2 atom stereocenters. The highest BCUT2D eigenvalue weighted by molar-refractivity contribution is 7.81. The molecule has 1 aliphatic rings. The summed E-state index contributed by atoms with van der Waals surface area (Å²) in [7, 11) is 1.26. The van der Waals surface area contributed by atoms with Crippen molar-refractivity contribution in [3.63, 3.8) is 0 Å². The second-order valence-electron chi connectivity index (χ2n) is 5.06. The molecule has 0 saturated carbocycles. The van der Waals surface area contributed by atoms with E-state index in [-0.39, 0.29) is 17.5 Å². The van der Waals surface area contributed by atoms with Gasteiger partial charge in [-0.2, -0.15) is 12.6 Å². The Labute approximate surface area is 137 Å². The van der Waals surface area contributed by atoms with E-state index in [1.807, 2.05) is 0 Å². The lowest BCUT2D eigenvalue weighted by molar-refractivity contribution is -0.384. The molecule has 1 heterocycles. The Morgan fingerprint density at radius 3 is 2.61 bits per heavy atom.